The Balaban J connectivity index is 1.58. The van der Waals surface area contributed by atoms with Gasteiger partial charge in [0.1, 0.15) is 5.92 Å². The number of hydrogen-bond acceptors (Lipinski definition) is 4. The second-order valence-electron chi connectivity index (χ2n) is 10.3. The Labute approximate surface area is 200 Å². The highest BCUT2D eigenvalue weighted by Gasteiger charge is 2.60. The van der Waals surface area contributed by atoms with E-state index in [1.54, 1.807) is 5.06 Å². The largest absolute Gasteiger partial charge is 0.273 e. The Bertz CT molecular complexity index is 1240. The maximum atomic E-state index is 13.8. The molecule has 0 saturated carbocycles. The van der Waals surface area contributed by atoms with Gasteiger partial charge >= 0.3 is 0 Å². The lowest BCUT2D eigenvalue weighted by Crippen LogP contribution is -2.37. The van der Waals surface area contributed by atoms with E-state index in [1.807, 2.05) is 62.4 Å². The minimum absolute atomic E-state index is 0.0191. The molecule has 2 saturated heterocycles. The quantitative estimate of drug-likeness (QED) is 0.480. The van der Waals surface area contributed by atoms with Crippen LogP contribution < -0.4 is 9.96 Å². The molecule has 0 radical (unpaired) electrons. The van der Waals surface area contributed by atoms with E-state index in [4.69, 9.17) is 4.84 Å². The summed E-state index contributed by atoms with van der Waals surface area (Å²) >= 11 is 0. The van der Waals surface area contributed by atoms with Crippen LogP contribution in [-0.2, 0) is 19.8 Å². The van der Waals surface area contributed by atoms with E-state index in [0.717, 1.165) is 22.4 Å². The smallest absolute Gasteiger partial charge is 0.266 e. The first-order chi connectivity index (χ1) is 16.2. The number of aryl methyl sites for hydroxylation is 2. The second kappa shape index (κ2) is 8.10. The average molecular weight is 455 g/mol. The zero-order valence-electron chi connectivity index (χ0n) is 20.3. The predicted molar refractivity (Wildman–Crippen MR) is 134 cm³/mol. The van der Waals surface area contributed by atoms with Crippen LogP contribution in [0.4, 0.5) is 11.4 Å². The van der Waals surface area contributed by atoms with Gasteiger partial charge < -0.3 is 0 Å². The topological polar surface area (TPSA) is 49.9 Å². The number of hydroxylamine groups is 1. The van der Waals surface area contributed by atoms with Crippen molar-refractivity contribution in [2.45, 2.75) is 52.2 Å². The van der Waals surface area contributed by atoms with Crippen molar-refractivity contribution in [2.24, 2.45) is 5.92 Å². The standard InChI is InChI=1S/C29H30N2O3/c1-18-11-16-23(19(2)17-18)30-27(32)24-25(20-12-14-21(15-13-20)29(3,4)5)31(34-26(24)28(30)33)22-9-7-6-8-10-22/h6-17,24-26H,1-5H3/t24-,25+,26+/m0/s1. The number of amides is 2. The summed E-state index contributed by atoms with van der Waals surface area (Å²) in [5.41, 5.74) is 5.62. The normalized spacial score (nSPS) is 22.4. The molecule has 5 nitrogen and oxygen atoms in total. The van der Waals surface area contributed by atoms with Gasteiger partial charge in [0.15, 0.2) is 6.10 Å². The molecule has 3 atom stereocenters. The van der Waals surface area contributed by atoms with Crippen molar-refractivity contribution in [1.29, 1.82) is 0 Å². The molecule has 2 amide bonds. The highest BCUT2D eigenvalue weighted by molar-refractivity contribution is 6.24. The van der Waals surface area contributed by atoms with Gasteiger partial charge in [0.05, 0.1) is 17.4 Å². The van der Waals surface area contributed by atoms with Gasteiger partial charge in [0.25, 0.3) is 5.91 Å². The first-order valence-electron chi connectivity index (χ1n) is 11.7. The van der Waals surface area contributed by atoms with Gasteiger partial charge in [0.2, 0.25) is 5.91 Å². The van der Waals surface area contributed by atoms with Gasteiger partial charge in [-0.1, -0.05) is 80.9 Å². The number of hydrogen-bond donors (Lipinski definition) is 0. The van der Waals surface area contributed by atoms with Crippen LogP contribution in [0.2, 0.25) is 0 Å². The Morgan fingerprint density at radius 3 is 2.12 bits per heavy atom. The molecule has 3 aromatic carbocycles. The molecular weight excluding hydrogens is 424 g/mol. The van der Waals surface area contributed by atoms with Crippen LogP contribution in [-0.4, -0.2) is 17.9 Å². The number of anilines is 2. The van der Waals surface area contributed by atoms with Crippen molar-refractivity contribution in [2.75, 3.05) is 9.96 Å². The van der Waals surface area contributed by atoms with E-state index in [1.165, 1.54) is 10.5 Å². The summed E-state index contributed by atoms with van der Waals surface area (Å²) in [5.74, 6) is -1.16. The first-order valence-corrected chi connectivity index (χ1v) is 11.7. The van der Waals surface area contributed by atoms with Gasteiger partial charge in [-0.3, -0.25) is 14.4 Å². The van der Waals surface area contributed by atoms with Crippen LogP contribution in [0, 0.1) is 19.8 Å². The molecule has 2 aliphatic rings. The molecule has 0 aromatic heterocycles. The summed E-state index contributed by atoms with van der Waals surface area (Å²) in [6.07, 6.45) is -0.860. The average Bonchev–Trinajstić information content (AvgIpc) is 3.31. The van der Waals surface area contributed by atoms with Crippen LogP contribution in [0.1, 0.15) is 49.1 Å². The Hall–Kier alpha value is -3.44. The van der Waals surface area contributed by atoms with Gasteiger partial charge in [-0.25, -0.2) is 9.96 Å². The van der Waals surface area contributed by atoms with Crippen LogP contribution in [0.5, 0.6) is 0 Å². The van der Waals surface area contributed by atoms with Crippen molar-refractivity contribution >= 4 is 23.2 Å². The van der Waals surface area contributed by atoms with Crippen LogP contribution in [0.3, 0.4) is 0 Å². The first kappa shape index (κ1) is 22.4. The molecule has 2 aliphatic heterocycles. The van der Waals surface area contributed by atoms with Crippen molar-refractivity contribution in [1.82, 2.24) is 0 Å². The number of benzene rings is 3. The predicted octanol–water partition coefficient (Wildman–Crippen LogP) is 5.65. The second-order valence-corrected chi connectivity index (χ2v) is 10.3. The number of rotatable bonds is 3. The minimum Gasteiger partial charge on any atom is -0.273 e. The van der Waals surface area contributed by atoms with E-state index in [-0.39, 0.29) is 17.2 Å². The van der Waals surface area contributed by atoms with Gasteiger partial charge in [-0.15, -0.1) is 0 Å². The molecule has 174 valence electrons. The van der Waals surface area contributed by atoms with E-state index in [9.17, 15) is 9.59 Å². The van der Waals surface area contributed by atoms with Crippen LogP contribution in [0.15, 0.2) is 72.8 Å². The molecule has 0 spiro atoms. The third-order valence-corrected chi connectivity index (χ3v) is 6.84. The SMILES string of the molecule is Cc1ccc(N2C(=O)[C@H]3[C@@H](c4ccc(C(C)(C)C)cc4)N(c4ccccc4)O[C@H]3C2=O)c(C)c1. The molecule has 0 unspecified atom stereocenters. The van der Waals surface area contributed by atoms with Crippen molar-refractivity contribution in [3.05, 3.63) is 95.1 Å². The number of carbonyl (C=O) groups excluding carboxylic acids is 2. The summed E-state index contributed by atoms with van der Waals surface area (Å²) in [6, 6.07) is 23.4. The molecular formula is C29H30N2O3. The highest BCUT2D eigenvalue weighted by atomic mass is 16.7. The summed E-state index contributed by atoms with van der Waals surface area (Å²) in [6.45, 7) is 10.4. The monoisotopic (exact) mass is 454 g/mol. The highest BCUT2D eigenvalue weighted by Crippen LogP contribution is 2.48. The fourth-order valence-electron chi connectivity index (χ4n) is 5.03. The number of carbonyl (C=O) groups is 2. The van der Waals surface area contributed by atoms with Gasteiger partial charge in [0, 0.05) is 0 Å². The third kappa shape index (κ3) is 3.61. The van der Waals surface area contributed by atoms with E-state index >= 15 is 0 Å². The fourth-order valence-corrected chi connectivity index (χ4v) is 5.03. The van der Waals surface area contributed by atoms with Crippen LogP contribution >= 0.6 is 0 Å². The molecule has 2 heterocycles. The Morgan fingerprint density at radius 2 is 1.50 bits per heavy atom. The van der Waals surface area contributed by atoms with E-state index in [2.05, 4.69) is 45.0 Å². The number of nitrogens with zero attached hydrogens (tertiary/aromatic N) is 2. The number of fused-ring (bicyclic) bond motifs is 1. The van der Waals surface area contributed by atoms with Crippen molar-refractivity contribution in [3.8, 4) is 0 Å². The molecule has 0 aliphatic carbocycles. The summed E-state index contributed by atoms with van der Waals surface area (Å²) in [5, 5.41) is 1.75. The molecule has 0 bridgehead atoms. The van der Waals surface area contributed by atoms with Crippen LogP contribution in [0.25, 0.3) is 0 Å². The van der Waals surface area contributed by atoms with E-state index < -0.39 is 18.1 Å². The number of para-hydroxylation sites is 1. The lowest BCUT2D eigenvalue weighted by atomic mass is 9.84. The molecule has 0 N–H and O–H groups in total. The molecule has 3 aromatic rings. The summed E-state index contributed by atoms with van der Waals surface area (Å²) in [7, 11) is 0. The molecule has 2 fully saturated rings. The lowest BCUT2D eigenvalue weighted by Gasteiger charge is -2.29. The summed E-state index contributed by atoms with van der Waals surface area (Å²) in [4.78, 5) is 34.9. The zero-order valence-corrected chi connectivity index (χ0v) is 20.3. The number of imide groups is 1. The molecule has 5 heteroatoms. The van der Waals surface area contributed by atoms with Crippen molar-refractivity contribution < 1.29 is 14.4 Å². The molecule has 34 heavy (non-hydrogen) atoms. The lowest BCUT2D eigenvalue weighted by molar-refractivity contribution is -0.126. The third-order valence-electron chi connectivity index (χ3n) is 6.84. The maximum absolute atomic E-state index is 13.8. The van der Waals surface area contributed by atoms with Gasteiger partial charge in [-0.05, 0) is 54.2 Å². The molecule has 5 rings (SSSR count). The summed E-state index contributed by atoms with van der Waals surface area (Å²) < 4.78 is 0. The fraction of sp³-hybridized carbons (Fsp3) is 0.310. The minimum atomic E-state index is -0.860. The van der Waals surface area contributed by atoms with Crippen molar-refractivity contribution in [3.63, 3.8) is 0 Å². The Morgan fingerprint density at radius 1 is 0.824 bits per heavy atom. The Kier molecular flexibility index (Phi) is 5.33. The zero-order chi connectivity index (χ0) is 24.2. The van der Waals surface area contributed by atoms with E-state index in [0.29, 0.717) is 5.69 Å². The maximum Gasteiger partial charge on any atom is 0.266 e. The van der Waals surface area contributed by atoms with Gasteiger partial charge in [-0.2, -0.15) is 0 Å².